The number of nitrogens with zero attached hydrogens (tertiary/aromatic N) is 2. The summed E-state index contributed by atoms with van der Waals surface area (Å²) in [4.78, 5) is 27.1. The van der Waals surface area contributed by atoms with Crippen molar-refractivity contribution in [2.45, 2.75) is 39.3 Å². The molecule has 0 spiro atoms. The molecule has 6 nitrogen and oxygen atoms in total. The Morgan fingerprint density at radius 2 is 2.29 bits per heavy atom. The van der Waals surface area contributed by atoms with Crippen molar-refractivity contribution in [3.05, 3.63) is 24.2 Å². The fourth-order valence-electron chi connectivity index (χ4n) is 2.69. The maximum absolute atomic E-state index is 12.6. The molecule has 1 aromatic rings. The third kappa shape index (κ3) is 3.56. The van der Waals surface area contributed by atoms with E-state index < -0.39 is 12.0 Å². The number of urea groups is 1. The number of furan rings is 1. The molecule has 0 radical (unpaired) electrons. The number of likely N-dealkylation sites (tertiary alicyclic amines) is 1. The third-order valence-electron chi connectivity index (χ3n) is 3.97. The summed E-state index contributed by atoms with van der Waals surface area (Å²) in [6, 6.07) is 2.62. The number of piperidine rings is 1. The lowest BCUT2D eigenvalue weighted by molar-refractivity contribution is -0.144. The highest BCUT2D eigenvalue weighted by atomic mass is 16.4. The average Bonchev–Trinajstić information content (AvgIpc) is 2.97. The molecular weight excluding hydrogens is 272 g/mol. The first kappa shape index (κ1) is 15.4. The molecule has 2 atom stereocenters. The van der Waals surface area contributed by atoms with Crippen LogP contribution >= 0.6 is 0 Å². The summed E-state index contributed by atoms with van der Waals surface area (Å²) >= 11 is 0. The number of rotatable bonds is 4. The Balaban J connectivity index is 2.09. The highest BCUT2D eigenvalue weighted by molar-refractivity contribution is 5.83. The molecule has 2 amide bonds. The van der Waals surface area contributed by atoms with Crippen LogP contribution in [0.3, 0.4) is 0 Å². The number of aliphatic carboxylic acids is 1. The normalized spacial score (nSPS) is 22.1. The lowest BCUT2D eigenvalue weighted by atomic mass is 9.92. The number of carbonyl (C=O) groups excluding carboxylic acids is 1. The molecule has 0 aromatic carbocycles. The SMILES string of the molecule is CCN(Cc1ccco1)C(=O)N1CCC(C)CC1C(=O)O. The molecule has 116 valence electrons. The maximum atomic E-state index is 12.6. The summed E-state index contributed by atoms with van der Waals surface area (Å²) in [6.07, 6.45) is 2.92. The van der Waals surface area contributed by atoms with E-state index >= 15 is 0 Å². The van der Waals surface area contributed by atoms with Crippen LogP contribution in [0.25, 0.3) is 0 Å². The zero-order chi connectivity index (χ0) is 15.4. The standard InChI is InChI=1S/C15H22N2O4/c1-3-16(10-12-5-4-8-21-12)15(20)17-7-6-11(2)9-13(17)14(18)19/h4-5,8,11,13H,3,6-7,9-10H2,1-2H3,(H,18,19). The second-order valence-corrected chi connectivity index (χ2v) is 5.55. The number of hydrogen-bond donors (Lipinski definition) is 1. The quantitative estimate of drug-likeness (QED) is 0.925. The van der Waals surface area contributed by atoms with E-state index in [9.17, 15) is 14.7 Å². The molecule has 1 aromatic heterocycles. The Morgan fingerprint density at radius 3 is 2.86 bits per heavy atom. The topological polar surface area (TPSA) is 74.0 Å². The van der Waals surface area contributed by atoms with Gasteiger partial charge in [0.25, 0.3) is 0 Å². The van der Waals surface area contributed by atoms with Gasteiger partial charge in [0.1, 0.15) is 11.8 Å². The molecule has 6 heteroatoms. The second-order valence-electron chi connectivity index (χ2n) is 5.55. The smallest absolute Gasteiger partial charge is 0.326 e. The van der Waals surface area contributed by atoms with E-state index in [4.69, 9.17) is 4.42 Å². The largest absolute Gasteiger partial charge is 0.480 e. The predicted octanol–water partition coefficient (Wildman–Crippen LogP) is 2.41. The minimum Gasteiger partial charge on any atom is -0.480 e. The second kappa shape index (κ2) is 6.65. The third-order valence-corrected chi connectivity index (χ3v) is 3.97. The fourth-order valence-corrected chi connectivity index (χ4v) is 2.69. The van der Waals surface area contributed by atoms with Crippen LogP contribution in [0.5, 0.6) is 0 Å². The molecule has 0 saturated carbocycles. The van der Waals surface area contributed by atoms with Crippen molar-refractivity contribution >= 4 is 12.0 Å². The summed E-state index contributed by atoms with van der Waals surface area (Å²) in [5.41, 5.74) is 0. The molecule has 2 rings (SSSR count). The molecule has 0 aliphatic carbocycles. The zero-order valence-corrected chi connectivity index (χ0v) is 12.5. The number of amides is 2. The van der Waals surface area contributed by atoms with Crippen molar-refractivity contribution in [3.8, 4) is 0 Å². The highest BCUT2D eigenvalue weighted by Crippen LogP contribution is 2.24. The summed E-state index contributed by atoms with van der Waals surface area (Å²) in [5, 5.41) is 9.36. The van der Waals surface area contributed by atoms with Crippen molar-refractivity contribution in [2.24, 2.45) is 5.92 Å². The summed E-state index contributed by atoms with van der Waals surface area (Å²) in [5.74, 6) is 0.0988. The van der Waals surface area contributed by atoms with E-state index in [1.807, 2.05) is 19.9 Å². The summed E-state index contributed by atoms with van der Waals surface area (Å²) in [6.45, 7) is 5.27. The molecule has 1 N–H and O–H groups in total. The first-order valence-electron chi connectivity index (χ1n) is 7.33. The molecule has 1 aliphatic heterocycles. The molecule has 0 bridgehead atoms. The van der Waals surface area contributed by atoms with E-state index in [1.54, 1.807) is 17.2 Å². The lowest BCUT2D eigenvalue weighted by Crippen LogP contribution is -2.54. The van der Waals surface area contributed by atoms with Gasteiger partial charge in [0.05, 0.1) is 12.8 Å². The first-order valence-corrected chi connectivity index (χ1v) is 7.33. The Bertz CT molecular complexity index is 486. The Kier molecular flexibility index (Phi) is 4.88. The van der Waals surface area contributed by atoms with Gasteiger partial charge in [-0.25, -0.2) is 9.59 Å². The van der Waals surface area contributed by atoms with Crippen LogP contribution in [0.15, 0.2) is 22.8 Å². The Morgan fingerprint density at radius 1 is 1.52 bits per heavy atom. The minimum atomic E-state index is -0.927. The minimum absolute atomic E-state index is 0.229. The van der Waals surface area contributed by atoms with Crippen LogP contribution in [0.1, 0.15) is 32.4 Å². The number of carboxylic acids is 1. The number of hydrogen-bond acceptors (Lipinski definition) is 3. The fraction of sp³-hybridized carbons (Fsp3) is 0.600. The van der Waals surface area contributed by atoms with Crippen LogP contribution in [0, 0.1) is 5.92 Å². The molecule has 21 heavy (non-hydrogen) atoms. The van der Waals surface area contributed by atoms with Crippen molar-refractivity contribution in [1.29, 1.82) is 0 Å². The maximum Gasteiger partial charge on any atom is 0.326 e. The molecule has 1 saturated heterocycles. The van der Waals surface area contributed by atoms with Gasteiger partial charge in [-0.1, -0.05) is 6.92 Å². The first-order chi connectivity index (χ1) is 10.0. The van der Waals surface area contributed by atoms with E-state index in [0.717, 1.165) is 6.42 Å². The molecule has 1 fully saturated rings. The number of carbonyl (C=O) groups is 2. The van der Waals surface area contributed by atoms with Gasteiger partial charge >= 0.3 is 12.0 Å². The van der Waals surface area contributed by atoms with E-state index in [2.05, 4.69) is 0 Å². The van der Waals surface area contributed by atoms with Crippen molar-refractivity contribution < 1.29 is 19.1 Å². The average molecular weight is 294 g/mol. The van der Waals surface area contributed by atoms with Crippen LogP contribution < -0.4 is 0 Å². The van der Waals surface area contributed by atoms with Gasteiger partial charge in [0.2, 0.25) is 0 Å². The zero-order valence-electron chi connectivity index (χ0n) is 12.5. The van der Waals surface area contributed by atoms with E-state index in [1.165, 1.54) is 4.90 Å². The van der Waals surface area contributed by atoms with Gasteiger partial charge in [-0.2, -0.15) is 0 Å². The van der Waals surface area contributed by atoms with E-state index in [0.29, 0.717) is 37.7 Å². The predicted molar refractivity (Wildman–Crippen MR) is 76.7 cm³/mol. The molecule has 2 unspecified atom stereocenters. The molecule has 1 aliphatic rings. The van der Waals surface area contributed by atoms with Crippen molar-refractivity contribution in [2.75, 3.05) is 13.1 Å². The molecule has 2 heterocycles. The van der Waals surface area contributed by atoms with Gasteiger partial charge in [-0.05, 0) is 37.8 Å². The van der Waals surface area contributed by atoms with Crippen molar-refractivity contribution in [3.63, 3.8) is 0 Å². The van der Waals surface area contributed by atoms with Crippen molar-refractivity contribution in [1.82, 2.24) is 9.80 Å². The van der Waals surface area contributed by atoms with Gasteiger partial charge in [-0.15, -0.1) is 0 Å². The van der Waals surface area contributed by atoms with Gasteiger partial charge in [0, 0.05) is 13.1 Å². The summed E-state index contributed by atoms with van der Waals surface area (Å²) in [7, 11) is 0. The van der Waals surface area contributed by atoms with E-state index in [-0.39, 0.29) is 6.03 Å². The van der Waals surface area contributed by atoms with Gasteiger partial charge in [0.15, 0.2) is 0 Å². The van der Waals surface area contributed by atoms with Gasteiger partial charge < -0.3 is 19.3 Å². The van der Waals surface area contributed by atoms with Crippen LogP contribution in [-0.4, -0.2) is 46.0 Å². The van der Waals surface area contributed by atoms with Crippen LogP contribution in [0.4, 0.5) is 4.79 Å². The number of carboxylic acid groups (broad SMARTS) is 1. The Labute approximate surface area is 124 Å². The summed E-state index contributed by atoms with van der Waals surface area (Å²) < 4.78 is 5.27. The highest BCUT2D eigenvalue weighted by Gasteiger charge is 2.36. The van der Waals surface area contributed by atoms with Crippen LogP contribution in [0.2, 0.25) is 0 Å². The Hall–Kier alpha value is -1.98. The van der Waals surface area contributed by atoms with Crippen LogP contribution in [-0.2, 0) is 11.3 Å². The monoisotopic (exact) mass is 294 g/mol. The van der Waals surface area contributed by atoms with Gasteiger partial charge in [-0.3, -0.25) is 0 Å². The molecular formula is C15H22N2O4. The lowest BCUT2D eigenvalue weighted by Gasteiger charge is -2.38.